The molecule has 0 saturated carbocycles. The van der Waals surface area contributed by atoms with E-state index in [9.17, 15) is 0 Å². The molecule has 0 amide bonds. The fourth-order valence-corrected chi connectivity index (χ4v) is 84.1. The van der Waals surface area contributed by atoms with Crippen molar-refractivity contribution >= 4 is 0 Å². The van der Waals surface area contributed by atoms with Crippen molar-refractivity contribution in [1.82, 2.24) is 0 Å². The van der Waals surface area contributed by atoms with E-state index in [1.807, 2.05) is 0 Å². The summed E-state index contributed by atoms with van der Waals surface area (Å²) in [5.74, 6) is 0. The summed E-state index contributed by atoms with van der Waals surface area (Å²) in [6, 6.07) is 0. The molecule has 10 aliphatic heterocycles. The fourth-order valence-electron chi connectivity index (χ4n) is 16.7. The number of hydrogen-bond donors (Lipinski definition) is 0. The number of fused-ring (bicyclic) bond motifs is 10. The van der Waals surface area contributed by atoms with E-state index in [0.29, 0.717) is 0 Å². The monoisotopic (exact) mass is 216 g/mol. The van der Waals surface area contributed by atoms with Gasteiger partial charge < -0.3 is 0 Å². The average molecular weight is 217 g/mol. The van der Waals surface area contributed by atoms with Gasteiger partial charge in [0.25, 0.3) is 0 Å². The normalized spacial score (nSPS) is 158. The second-order valence-corrected chi connectivity index (χ2v) is 30.9. The van der Waals surface area contributed by atoms with Crippen LogP contribution in [-0.4, -0.2) is 0 Å². The first-order valence-electron chi connectivity index (χ1n) is 5.94. The van der Waals surface area contributed by atoms with Crippen molar-refractivity contribution in [2.75, 3.05) is 0 Å². The minimum absolute atomic E-state index is 1.12. The Balaban J connectivity index is 2.20. The van der Waals surface area contributed by atoms with Gasteiger partial charge in [-0.2, -0.15) is 0 Å². The van der Waals surface area contributed by atoms with Crippen LogP contribution >= 0.6 is 0 Å². The quantitative estimate of drug-likeness (QED) is 0.534. The second-order valence-electron chi connectivity index (χ2n) is 9.66. The van der Waals surface area contributed by atoms with E-state index < -0.39 is 6.23 Å². The summed E-state index contributed by atoms with van der Waals surface area (Å²) in [6.07, 6.45) is -2.43. The first kappa shape index (κ1) is 4.16. The van der Waals surface area contributed by atoms with Crippen LogP contribution in [0.1, 0.15) is 13.8 Å². The Morgan fingerprint density at radius 1 is 0.692 bits per heavy atom. The molecule has 10 fully saturated rings. The minimum atomic E-state index is -2.43. The Kier molecular flexibility index (Phi) is 0.0796. The maximum atomic E-state index is 2.82. The molecule has 10 rings (SSSR count). The van der Waals surface area contributed by atoms with E-state index in [1.165, 1.54) is 39.1 Å². The molecule has 0 radical (unpaired) electrons. The van der Waals surface area contributed by atoms with Crippen molar-refractivity contribution in [3.8, 4) is 0 Å². The van der Waals surface area contributed by atoms with Gasteiger partial charge in [0.15, 0.2) is 0 Å². The van der Waals surface area contributed by atoms with Gasteiger partial charge in [-0.3, -0.25) is 0 Å². The zero-order valence-electron chi connectivity index (χ0n) is 7.94. The van der Waals surface area contributed by atoms with Gasteiger partial charge in [-0.1, -0.05) is 0 Å². The molecule has 0 aromatic carbocycles. The van der Waals surface area contributed by atoms with E-state index >= 15 is 0 Å². The standard InChI is InChI=1S/C7H9.C5H5.Ni/c1-6-4-3-5-7(6)2;1-2-4-5-3-1;/h3-5H,1-2H3;1-5H;. The Hall–Kier alpha value is 0.494. The van der Waals surface area contributed by atoms with Crippen LogP contribution in [0.15, 0.2) is 0 Å². The molecule has 0 bridgehead atoms. The summed E-state index contributed by atoms with van der Waals surface area (Å²) in [7, 11) is 0. The summed E-state index contributed by atoms with van der Waals surface area (Å²) in [5.41, 5.74) is 0. The van der Waals surface area contributed by atoms with Crippen LogP contribution in [0.3, 0.4) is 0 Å². The first-order chi connectivity index (χ1) is 5.94. The van der Waals surface area contributed by atoms with Crippen molar-refractivity contribution in [1.29, 1.82) is 0 Å². The number of rotatable bonds is 0. The van der Waals surface area contributed by atoms with Crippen LogP contribution in [0.25, 0.3) is 0 Å². The van der Waals surface area contributed by atoms with Crippen LogP contribution in [0.4, 0.5) is 0 Å². The molecule has 72 valence electrons. The molecule has 0 aromatic heterocycles. The molecule has 0 N–H and O–H groups in total. The van der Waals surface area contributed by atoms with E-state index in [2.05, 4.69) is 13.8 Å². The Morgan fingerprint density at radius 3 is 1.08 bits per heavy atom. The van der Waals surface area contributed by atoms with Crippen LogP contribution in [0.5, 0.6) is 0 Å². The molecule has 1 heteroatoms. The fraction of sp³-hybridized carbons (Fsp3) is 1.00. The van der Waals surface area contributed by atoms with Crippen molar-refractivity contribution in [2.45, 2.75) is 61.7 Å². The summed E-state index contributed by atoms with van der Waals surface area (Å²) >= 11 is 0. The summed E-state index contributed by atoms with van der Waals surface area (Å²) in [6.45, 7) is 5.64. The van der Waals surface area contributed by atoms with Gasteiger partial charge in [-0.05, 0) is 0 Å². The summed E-state index contributed by atoms with van der Waals surface area (Å²) < 4.78 is 2.24. The van der Waals surface area contributed by atoms with Gasteiger partial charge in [-0.15, -0.1) is 0 Å². The van der Waals surface area contributed by atoms with Gasteiger partial charge in [0.2, 0.25) is 0 Å². The molecule has 10 saturated heterocycles. The third-order valence-electron chi connectivity index (χ3n) is 14.9. The third-order valence-corrected chi connectivity index (χ3v) is 55.7. The van der Waals surface area contributed by atoms with E-state index in [1.54, 1.807) is 0 Å². The first-order valence-corrected chi connectivity index (χ1v) is 11.5. The predicted octanol–water partition coefficient (Wildman–Crippen LogP) is 4.16. The molecule has 1 spiro atoms. The second kappa shape index (κ2) is 0.249. The summed E-state index contributed by atoms with van der Waals surface area (Å²) in [4.78, 5) is 12.1. The molecule has 0 nitrogen and oxygen atoms in total. The van der Waals surface area contributed by atoms with Gasteiger partial charge >= 0.3 is 67.9 Å². The van der Waals surface area contributed by atoms with Crippen LogP contribution in [0.2, 0.25) is 47.9 Å². The average Bonchev–Trinajstić information content (AvgIpc) is 3.02. The molecular formula is C12H14Ni. The van der Waals surface area contributed by atoms with Crippen molar-refractivity contribution < 1.29 is 6.23 Å². The van der Waals surface area contributed by atoms with Crippen LogP contribution in [-0.2, 0) is 6.23 Å². The molecule has 4 unspecified atom stereocenters. The van der Waals surface area contributed by atoms with Crippen molar-refractivity contribution in [3.63, 3.8) is 0 Å². The number of hydrogen-bond acceptors (Lipinski definition) is 0. The topological polar surface area (TPSA) is 0 Å². The van der Waals surface area contributed by atoms with Gasteiger partial charge in [0.05, 0.1) is 0 Å². The van der Waals surface area contributed by atoms with Gasteiger partial charge in [0, 0.05) is 0 Å². The van der Waals surface area contributed by atoms with E-state index in [0.717, 1.165) is 8.77 Å². The molecule has 0 aromatic rings. The molecule has 4 atom stereocenters. The molecule has 10 aliphatic rings. The van der Waals surface area contributed by atoms with E-state index in [4.69, 9.17) is 0 Å². The zero-order chi connectivity index (χ0) is 7.94. The molecular weight excluding hydrogens is 203 g/mol. The van der Waals surface area contributed by atoms with Gasteiger partial charge in [-0.25, -0.2) is 0 Å². The van der Waals surface area contributed by atoms with Gasteiger partial charge in [0.1, 0.15) is 0 Å². The predicted molar refractivity (Wildman–Crippen MR) is 46.7 cm³/mol. The SMILES string of the molecule is C[C]12[CH]3[CH]4[CH]5[C]1(C)[Ni]43521678[CH]2[CH]1[CH]6[CH]7[CH]28. The summed E-state index contributed by atoms with van der Waals surface area (Å²) in [5, 5.41) is 0. The zero-order valence-corrected chi connectivity index (χ0v) is 8.92. The van der Waals surface area contributed by atoms with Crippen molar-refractivity contribution in [2.24, 2.45) is 0 Å². The Labute approximate surface area is 68.2 Å². The van der Waals surface area contributed by atoms with Crippen molar-refractivity contribution in [3.05, 3.63) is 0 Å². The van der Waals surface area contributed by atoms with Crippen LogP contribution in [0, 0.1) is 0 Å². The molecule has 10 heterocycles. The molecule has 13 heavy (non-hydrogen) atoms. The molecule has 0 aliphatic carbocycles. The Bertz CT molecular complexity index is 815. The maximum absolute atomic E-state index is 2.82. The third kappa shape index (κ3) is 0.0266. The van der Waals surface area contributed by atoms with Crippen LogP contribution < -0.4 is 0 Å². The Morgan fingerprint density at radius 2 is 1.08 bits per heavy atom. The van der Waals surface area contributed by atoms with E-state index in [-0.39, 0.29) is 0 Å².